The van der Waals surface area contributed by atoms with Crippen LogP contribution in [0.4, 0.5) is 0 Å². The van der Waals surface area contributed by atoms with E-state index in [1.807, 2.05) is 0 Å². The zero-order valence-electron chi connectivity index (χ0n) is 14.0. The summed E-state index contributed by atoms with van der Waals surface area (Å²) in [6.07, 6.45) is 0.00165. The highest BCUT2D eigenvalue weighted by molar-refractivity contribution is 7.90. The quantitative estimate of drug-likeness (QED) is 0.649. The van der Waals surface area contributed by atoms with Crippen LogP contribution in [0.3, 0.4) is 0 Å². The Kier molecular flexibility index (Phi) is 5.54. The Bertz CT molecular complexity index is 839. The molecular weight excluding hydrogens is 372 g/mol. The van der Waals surface area contributed by atoms with E-state index in [1.165, 1.54) is 31.4 Å². The monoisotopic (exact) mass is 392 g/mol. The standard InChI is InChI=1S/C14H20N2O7S2/c1-22-11-9-14(13(17)23-2,16(10-11)24(3,18)19)15-25(20,21)12-7-5-4-6-8-12/h4-8,11,15H,9-10H2,1-3H3/t11-,14-/m1/s1. The van der Waals surface area contributed by atoms with Crippen molar-refractivity contribution in [3.63, 3.8) is 0 Å². The zero-order valence-corrected chi connectivity index (χ0v) is 15.6. The maximum atomic E-state index is 12.7. The summed E-state index contributed by atoms with van der Waals surface area (Å²) >= 11 is 0. The van der Waals surface area contributed by atoms with Crippen LogP contribution in [0.2, 0.25) is 0 Å². The largest absolute Gasteiger partial charge is 0.467 e. The van der Waals surface area contributed by atoms with Crippen LogP contribution in [-0.4, -0.2) is 65.9 Å². The minimum atomic E-state index is -4.19. The van der Waals surface area contributed by atoms with Gasteiger partial charge < -0.3 is 9.47 Å². The predicted molar refractivity (Wildman–Crippen MR) is 88.5 cm³/mol. The summed E-state index contributed by atoms with van der Waals surface area (Å²) < 4.78 is 62.6. The number of rotatable bonds is 6. The molecule has 1 aliphatic rings. The van der Waals surface area contributed by atoms with Gasteiger partial charge in [-0.05, 0) is 12.1 Å². The number of sulfonamides is 2. The number of nitrogens with one attached hydrogen (secondary N) is 1. The molecule has 0 saturated carbocycles. The Morgan fingerprint density at radius 1 is 1.20 bits per heavy atom. The fourth-order valence-electron chi connectivity index (χ4n) is 2.78. The molecule has 11 heteroatoms. The van der Waals surface area contributed by atoms with Crippen molar-refractivity contribution < 1.29 is 31.1 Å². The van der Waals surface area contributed by atoms with E-state index in [4.69, 9.17) is 9.47 Å². The van der Waals surface area contributed by atoms with Crippen LogP contribution in [0.15, 0.2) is 35.2 Å². The summed E-state index contributed by atoms with van der Waals surface area (Å²) in [5.41, 5.74) is -2.11. The predicted octanol–water partition coefficient (Wildman–Crippen LogP) is -0.485. The highest BCUT2D eigenvalue weighted by Gasteiger charge is 2.58. The average molecular weight is 392 g/mol. The molecule has 140 valence electrons. The first kappa shape index (κ1) is 19.8. The molecule has 1 aromatic rings. The Balaban J connectivity index is 2.57. The Morgan fingerprint density at radius 2 is 1.80 bits per heavy atom. The van der Waals surface area contributed by atoms with E-state index < -0.39 is 37.8 Å². The lowest BCUT2D eigenvalue weighted by Crippen LogP contribution is -2.63. The van der Waals surface area contributed by atoms with Crippen LogP contribution in [0, 0.1) is 0 Å². The summed E-state index contributed by atoms with van der Waals surface area (Å²) in [5, 5.41) is 0. The molecule has 9 nitrogen and oxygen atoms in total. The number of benzene rings is 1. The fourth-order valence-corrected chi connectivity index (χ4v) is 5.39. The maximum Gasteiger partial charge on any atom is 0.343 e. The number of esters is 1. The minimum Gasteiger partial charge on any atom is -0.467 e. The molecule has 1 N–H and O–H groups in total. The number of carbonyl (C=O) groups is 1. The molecule has 1 fully saturated rings. The topological polar surface area (TPSA) is 119 Å². The molecule has 0 amide bonds. The van der Waals surface area contributed by atoms with Gasteiger partial charge in [0.05, 0.1) is 24.4 Å². The highest BCUT2D eigenvalue weighted by Crippen LogP contribution is 2.33. The van der Waals surface area contributed by atoms with Crippen LogP contribution in [0.1, 0.15) is 6.42 Å². The maximum absolute atomic E-state index is 12.7. The summed E-state index contributed by atoms with van der Waals surface area (Å²) in [7, 11) is -5.72. The van der Waals surface area contributed by atoms with Crippen molar-refractivity contribution in [2.75, 3.05) is 27.0 Å². The van der Waals surface area contributed by atoms with E-state index >= 15 is 0 Å². The third-order valence-corrected chi connectivity index (χ3v) is 6.69. The second kappa shape index (κ2) is 7.00. The number of hydrogen-bond acceptors (Lipinski definition) is 7. The molecule has 25 heavy (non-hydrogen) atoms. The third-order valence-electron chi connectivity index (χ3n) is 3.93. The first-order valence-corrected chi connectivity index (χ1v) is 10.6. The van der Waals surface area contributed by atoms with Crippen LogP contribution in [0.25, 0.3) is 0 Å². The molecule has 1 heterocycles. The fraction of sp³-hybridized carbons (Fsp3) is 0.500. The van der Waals surface area contributed by atoms with Crippen LogP contribution >= 0.6 is 0 Å². The molecule has 0 aromatic heterocycles. The van der Waals surface area contributed by atoms with E-state index in [9.17, 15) is 21.6 Å². The van der Waals surface area contributed by atoms with Crippen molar-refractivity contribution in [1.82, 2.24) is 9.03 Å². The van der Waals surface area contributed by atoms with Crippen molar-refractivity contribution in [3.8, 4) is 0 Å². The molecule has 0 bridgehead atoms. The zero-order chi connectivity index (χ0) is 18.9. The lowest BCUT2D eigenvalue weighted by molar-refractivity contribution is -0.151. The first-order valence-electron chi connectivity index (χ1n) is 7.25. The summed E-state index contributed by atoms with van der Waals surface area (Å²) in [6, 6.07) is 7.33. The smallest absolute Gasteiger partial charge is 0.343 e. The average Bonchev–Trinajstić information content (AvgIpc) is 2.94. The lowest BCUT2D eigenvalue weighted by Gasteiger charge is -2.34. The molecule has 1 aromatic carbocycles. The summed E-state index contributed by atoms with van der Waals surface area (Å²) in [4.78, 5) is 12.3. The number of carbonyl (C=O) groups excluding carboxylic acids is 1. The van der Waals surface area contributed by atoms with E-state index in [0.29, 0.717) is 0 Å². The van der Waals surface area contributed by atoms with Gasteiger partial charge in [-0.25, -0.2) is 21.6 Å². The van der Waals surface area contributed by atoms with Gasteiger partial charge in [-0.2, -0.15) is 9.03 Å². The number of ether oxygens (including phenoxy) is 2. The summed E-state index contributed by atoms with van der Waals surface area (Å²) in [5.74, 6) is -1.03. The van der Waals surface area contributed by atoms with Crippen LogP contribution in [0.5, 0.6) is 0 Å². The Hall–Kier alpha value is -1.53. The van der Waals surface area contributed by atoms with Gasteiger partial charge in [-0.15, -0.1) is 0 Å². The molecule has 0 aliphatic carbocycles. The van der Waals surface area contributed by atoms with Crippen molar-refractivity contribution in [3.05, 3.63) is 30.3 Å². The molecular formula is C14H20N2O7S2. The molecule has 0 spiro atoms. The number of nitrogens with zero attached hydrogens (tertiary/aromatic N) is 1. The van der Waals surface area contributed by atoms with Crippen molar-refractivity contribution in [1.29, 1.82) is 0 Å². The molecule has 1 saturated heterocycles. The van der Waals surface area contributed by atoms with Gasteiger partial charge in [0.25, 0.3) is 0 Å². The van der Waals surface area contributed by atoms with Gasteiger partial charge in [0.15, 0.2) is 5.66 Å². The highest BCUT2D eigenvalue weighted by atomic mass is 32.2. The molecule has 0 unspecified atom stereocenters. The lowest BCUT2D eigenvalue weighted by atomic mass is 10.1. The van der Waals surface area contributed by atoms with Crippen molar-refractivity contribution in [2.24, 2.45) is 0 Å². The van der Waals surface area contributed by atoms with E-state index in [-0.39, 0.29) is 17.9 Å². The second-order valence-electron chi connectivity index (χ2n) is 5.63. The molecule has 0 radical (unpaired) electrons. The summed E-state index contributed by atoms with van der Waals surface area (Å²) in [6.45, 7) is -0.179. The number of hydrogen-bond donors (Lipinski definition) is 1. The number of methoxy groups -OCH3 is 2. The van der Waals surface area contributed by atoms with E-state index in [1.54, 1.807) is 6.07 Å². The first-order chi connectivity index (χ1) is 11.6. The van der Waals surface area contributed by atoms with Gasteiger partial charge in [0.2, 0.25) is 20.0 Å². The van der Waals surface area contributed by atoms with Gasteiger partial charge in [-0.3, -0.25) is 0 Å². The van der Waals surface area contributed by atoms with Crippen LogP contribution < -0.4 is 4.72 Å². The third kappa shape index (κ3) is 3.85. The molecule has 2 rings (SSSR count). The Morgan fingerprint density at radius 3 is 2.28 bits per heavy atom. The normalized spacial score (nSPS) is 25.0. The van der Waals surface area contributed by atoms with Crippen LogP contribution in [-0.2, 0) is 34.3 Å². The molecule has 2 atom stereocenters. The Labute approximate surface area is 147 Å². The van der Waals surface area contributed by atoms with Gasteiger partial charge >= 0.3 is 5.97 Å². The van der Waals surface area contributed by atoms with Gasteiger partial charge in [0, 0.05) is 20.1 Å². The van der Waals surface area contributed by atoms with E-state index in [0.717, 1.165) is 17.7 Å². The SMILES string of the molecule is COC(=O)[C@@]1(NS(=O)(=O)c2ccccc2)C[C@@H](OC)CN1S(C)(=O)=O. The van der Waals surface area contributed by atoms with Crippen molar-refractivity contribution >= 4 is 26.0 Å². The molecule has 1 aliphatic heterocycles. The van der Waals surface area contributed by atoms with Gasteiger partial charge in [0.1, 0.15) is 0 Å². The van der Waals surface area contributed by atoms with Gasteiger partial charge in [-0.1, -0.05) is 18.2 Å². The van der Waals surface area contributed by atoms with E-state index in [2.05, 4.69) is 4.72 Å². The van der Waals surface area contributed by atoms with Crippen molar-refractivity contribution in [2.45, 2.75) is 23.1 Å². The second-order valence-corrected chi connectivity index (χ2v) is 9.22. The minimum absolute atomic E-state index is 0.104.